The van der Waals surface area contributed by atoms with Crippen molar-refractivity contribution in [3.8, 4) is 5.75 Å². The van der Waals surface area contributed by atoms with Gasteiger partial charge in [-0.1, -0.05) is 44.1 Å². The fourth-order valence-corrected chi connectivity index (χ4v) is 1.92. The number of aromatic nitrogens is 2. The second-order valence-electron chi connectivity index (χ2n) is 6.52. The highest BCUT2D eigenvalue weighted by Crippen LogP contribution is 2.22. The van der Waals surface area contributed by atoms with Gasteiger partial charge in [-0.2, -0.15) is 4.98 Å². The Hall–Kier alpha value is -1.88. The summed E-state index contributed by atoms with van der Waals surface area (Å²) in [7, 11) is 2.03. The van der Waals surface area contributed by atoms with E-state index < -0.39 is 0 Å². The van der Waals surface area contributed by atoms with Gasteiger partial charge in [-0.3, -0.25) is 4.90 Å². The lowest BCUT2D eigenvalue weighted by Gasteiger charge is -2.21. The van der Waals surface area contributed by atoms with Gasteiger partial charge >= 0.3 is 0 Å². The molecule has 2 rings (SSSR count). The summed E-state index contributed by atoms with van der Waals surface area (Å²) in [5, 5.41) is 4.07. The Kier molecular flexibility index (Phi) is 5.19. The maximum Gasteiger partial charge on any atom is 0.243 e. The van der Waals surface area contributed by atoms with E-state index in [1.54, 1.807) is 0 Å². The van der Waals surface area contributed by atoms with E-state index >= 15 is 0 Å². The van der Waals surface area contributed by atoms with Crippen molar-refractivity contribution >= 4 is 0 Å². The summed E-state index contributed by atoms with van der Waals surface area (Å²) in [5.41, 5.74) is -0.101. The zero-order valence-corrected chi connectivity index (χ0v) is 14.0. The zero-order valence-electron chi connectivity index (χ0n) is 14.0. The number of hydrogen-bond acceptors (Lipinski definition) is 5. The minimum Gasteiger partial charge on any atom is -0.492 e. The summed E-state index contributed by atoms with van der Waals surface area (Å²) >= 11 is 0. The number of benzene rings is 1. The highest BCUT2D eigenvalue weighted by atomic mass is 16.5. The first-order valence-corrected chi connectivity index (χ1v) is 7.60. The van der Waals surface area contributed by atoms with Gasteiger partial charge in [-0.15, -0.1) is 0 Å². The molecule has 1 aromatic carbocycles. The molecule has 120 valence electrons. The van der Waals surface area contributed by atoms with Crippen LogP contribution in [0.4, 0.5) is 0 Å². The molecule has 1 heterocycles. The average Bonchev–Trinajstić information content (AvgIpc) is 2.97. The standard InChI is InChI=1S/C17H25N3O2/c1-13(15-18-16(19-22-15)17(2,3)4)20(5)11-12-21-14-9-7-6-8-10-14/h6-10,13H,11-12H2,1-5H3. The topological polar surface area (TPSA) is 51.4 Å². The second kappa shape index (κ2) is 6.92. The van der Waals surface area contributed by atoms with Gasteiger partial charge in [0.05, 0.1) is 6.04 Å². The molecule has 0 spiro atoms. The Morgan fingerprint density at radius 3 is 2.50 bits per heavy atom. The molecule has 0 aliphatic carbocycles. The van der Waals surface area contributed by atoms with E-state index in [0.717, 1.165) is 18.1 Å². The maximum atomic E-state index is 5.71. The van der Waals surface area contributed by atoms with E-state index in [2.05, 4.69) is 42.7 Å². The molecule has 5 nitrogen and oxygen atoms in total. The summed E-state index contributed by atoms with van der Waals surface area (Å²) in [6.07, 6.45) is 0. The van der Waals surface area contributed by atoms with Crippen LogP contribution in [0, 0.1) is 0 Å². The molecular weight excluding hydrogens is 278 g/mol. The fourth-order valence-electron chi connectivity index (χ4n) is 1.92. The first-order chi connectivity index (χ1) is 10.4. The summed E-state index contributed by atoms with van der Waals surface area (Å²) in [6, 6.07) is 9.88. The van der Waals surface area contributed by atoms with Crippen LogP contribution in [0.3, 0.4) is 0 Å². The van der Waals surface area contributed by atoms with Crippen LogP contribution in [0.1, 0.15) is 45.5 Å². The fraction of sp³-hybridized carbons (Fsp3) is 0.529. The van der Waals surface area contributed by atoms with E-state index in [-0.39, 0.29) is 11.5 Å². The quantitative estimate of drug-likeness (QED) is 0.818. The van der Waals surface area contributed by atoms with E-state index in [0.29, 0.717) is 12.5 Å². The van der Waals surface area contributed by atoms with Crippen molar-refractivity contribution in [3.05, 3.63) is 42.0 Å². The molecule has 2 aromatic rings. The second-order valence-corrected chi connectivity index (χ2v) is 6.52. The molecule has 0 radical (unpaired) electrons. The molecule has 1 aromatic heterocycles. The largest absolute Gasteiger partial charge is 0.492 e. The predicted octanol–water partition coefficient (Wildman–Crippen LogP) is 3.44. The Balaban J connectivity index is 1.86. The molecule has 5 heteroatoms. The Morgan fingerprint density at radius 2 is 1.91 bits per heavy atom. The normalized spacial score (nSPS) is 13.4. The maximum absolute atomic E-state index is 5.71. The summed E-state index contributed by atoms with van der Waals surface area (Å²) in [5.74, 6) is 2.27. The van der Waals surface area contributed by atoms with Crippen LogP contribution < -0.4 is 4.74 Å². The van der Waals surface area contributed by atoms with Crippen LogP contribution in [-0.2, 0) is 5.41 Å². The first kappa shape index (κ1) is 16.5. The van der Waals surface area contributed by atoms with Crippen molar-refractivity contribution in [2.75, 3.05) is 20.2 Å². The molecule has 0 saturated heterocycles. The van der Waals surface area contributed by atoms with Crippen molar-refractivity contribution in [2.45, 2.75) is 39.2 Å². The minimum atomic E-state index is -0.101. The van der Waals surface area contributed by atoms with Gasteiger partial charge in [0.2, 0.25) is 5.89 Å². The number of rotatable bonds is 6. The monoisotopic (exact) mass is 303 g/mol. The lowest BCUT2D eigenvalue weighted by molar-refractivity contribution is 0.173. The number of ether oxygens (including phenoxy) is 1. The molecule has 0 aliphatic rings. The van der Waals surface area contributed by atoms with Gasteiger partial charge in [-0.25, -0.2) is 0 Å². The first-order valence-electron chi connectivity index (χ1n) is 7.60. The van der Waals surface area contributed by atoms with E-state index in [4.69, 9.17) is 9.26 Å². The summed E-state index contributed by atoms with van der Waals surface area (Å²) < 4.78 is 11.1. The van der Waals surface area contributed by atoms with Crippen molar-refractivity contribution in [1.82, 2.24) is 15.0 Å². The molecule has 0 N–H and O–H groups in total. The van der Waals surface area contributed by atoms with Gasteiger partial charge in [0.1, 0.15) is 12.4 Å². The van der Waals surface area contributed by atoms with E-state index in [1.807, 2.05) is 37.4 Å². The highest BCUT2D eigenvalue weighted by Gasteiger charge is 2.24. The molecule has 0 aliphatic heterocycles. The molecule has 0 saturated carbocycles. The average molecular weight is 303 g/mol. The number of hydrogen-bond donors (Lipinski definition) is 0. The SMILES string of the molecule is CC(c1nc(C(C)(C)C)no1)N(C)CCOc1ccccc1. The highest BCUT2D eigenvalue weighted by molar-refractivity contribution is 5.20. The smallest absolute Gasteiger partial charge is 0.243 e. The Labute approximate surface area is 132 Å². The molecule has 0 fully saturated rings. The van der Waals surface area contributed by atoms with Crippen LogP contribution in [-0.4, -0.2) is 35.2 Å². The van der Waals surface area contributed by atoms with Gasteiger partial charge in [0, 0.05) is 12.0 Å². The van der Waals surface area contributed by atoms with Crippen LogP contribution >= 0.6 is 0 Å². The van der Waals surface area contributed by atoms with Crippen LogP contribution in [0.5, 0.6) is 5.75 Å². The predicted molar refractivity (Wildman–Crippen MR) is 86.0 cm³/mol. The zero-order chi connectivity index (χ0) is 16.2. The molecular formula is C17H25N3O2. The van der Waals surface area contributed by atoms with Crippen LogP contribution in [0.2, 0.25) is 0 Å². The Morgan fingerprint density at radius 1 is 1.23 bits per heavy atom. The third-order valence-electron chi connectivity index (χ3n) is 3.59. The molecule has 22 heavy (non-hydrogen) atoms. The lowest BCUT2D eigenvalue weighted by atomic mass is 9.96. The van der Waals surface area contributed by atoms with Gasteiger partial charge in [-0.05, 0) is 26.1 Å². The number of para-hydroxylation sites is 1. The minimum absolute atomic E-state index is 0.0583. The van der Waals surface area contributed by atoms with Crippen LogP contribution in [0.25, 0.3) is 0 Å². The van der Waals surface area contributed by atoms with Gasteiger partial charge in [0.25, 0.3) is 0 Å². The van der Waals surface area contributed by atoms with E-state index in [9.17, 15) is 0 Å². The van der Waals surface area contributed by atoms with Crippen LogP contribution in [0.15, 0.2) is 34.9 Å². The van der Waals surface area contributed by atoms with Crippen molar-refractivity contribution < 1.29 is 9.26 Å². The Bertz CT molecular complexity index is 575. The molecule has 1 unspecified atom stereocenters. The van der Waals surface area contributed by atoms with Gasteiger partial charge in [0.15, 0.2) is 5.82 Å². The van der Waals surface area contributed by atoms with Crippen molar-refractivity contribution in [3.63, 3.8) is 0 Å². The molecule has 1 atom stereocenters. The van der Waals surface area contributed by atoms with Crippen molar-refractivity contribution in [1.29, 1.82) is 0 Å². The third kappa shape index (κ3) is 4.31. The summed E-state index contributed by atoms with van der Waals surface area (Å²) in [6.45, 7) is 9.67. The molecule has 0 amide bonds. The third-order valence-corrected chi connectivity index (χ3v) is 3.59. The van der Waals surface area contributed by atoms with E-state index in [1.165, 1.54) is 0 Å². The van der Waals surface area contributed by atoms with Gasteiger partial charge < -0.3 is 9.26 Å². The molecule has 0 bridgehead atoms. The lowest BCUT2D eigenvalue weighted by Crippen LogP contribution is -2.27. The number of likely N-dealkylation sites (N-methyl/N-ethyl adjacent to an activating group) is 1. The summed E-state index contributed by atoms with van der Waals surface area (Å²) in [4.78, 5) is 6.65. The van der Waals surface area contributed by atoms with Crippen molar-refractivity contribution in [2.24, 2.45) is 0 Å². The number of nitrogens with zero attached hydrogens (tertiary/aromatic N) is 3.